The van der Waals surface area contributed by atoms with Crippen LogP contribution in [0.5, 0.6) is 0 Å². The predicted molar refractivity (Wildman–Crippen MR) is 37.0 cm³/mol. The second kappa shape index (κ2) is 3.55. The number of alkyl halides is 1. The number of hydrogen-bond donors (Lipinski definition) is 0. The molecule has 0 amide bonds. The van der Waals surface area contributed by atoms with E-state index in [9.17, 15) is 4.39 Å². The van der Waals surface area contributed by atoms with Crippen LogP contribution in [0.3, 0.4) is 0 Å². The van der Waals surface area contributed by atoms with Crippen LogP contribution in [0.1, 0.15) is 25.7 Å². The molecule has 0 spiro atoms. The summed E-state index contributed by atoms with van der Waals surface area (Å²) in [7, 11) is 0. The third kappa shape index (κ3) is 1.47. The minimum atomic E-state index is -0.457. The molecular formula is C8H12FN. The predicted octanol–water partition coefficient (Wildman–Crippen LogP) is 2.29. The van der Waals surface area contributed by atoms with E-state index < -0.39 is 6.67 Å². The molecule has 1 atom stereocenters. The number of hydrogen-bond acceptors (Lipinski definition) is 1. The van der Waals surface area contributed by atoms with Gasteiger partial charge in [0.15, 0.2) is 0 Å². The van der Waals surface area contributed by atoms with E-state index in [0.717, 1.165) is 12.8 Å². The molecule has 1 rings (SSSR count). The Balaban J connectivity index is 2.38. The van der Waals surface area contributed by atoms with Gasteiger partial charge in [-0.2, -0.15) is 5.26 Å². The van der Waals surface area contributed by atoms with Crippen molar-refractivity contribution in [3.05, 3.63) is 0 Å². The second-order valence-electron chi connectivity index (χ2n) is 2.93. The summed E-state index contributed by atoms with van der Waals surface area (Å²) in [5.41, 5.74) is 0. The van der Waals surface area contributed by atoms with Crippen molar-refractivity contribution in [2.24, 2.45) is 11.8 Å². The second-order valence-corrected chi connectivity index (χ2v) is 2.93. The molecule has 1 aliphatic carbocycles. The molecule has 0 bridgehead atoms. The molecule has 0 N–H and O–H groups in total. The average molecular weight is 141 g/mol. The molecule has 0 radical (unpaired) electrons. The van der Waals surface area contributed by atoms with Gasteiger partial charge in [-0.25, -0.2) is 4.39 Å². The minimum absolute atomic E-state index is 0.317. The Kier molecular flexibility index (Phi) is 2.68. The van der Waals surface area contributed by atoms with Crippen LogP contribution in [0.4, 0.5) is 4.39 Å². The number of nitriles is 1. The normalized spacial score (nSPS) is 22.4. The van der Waals surface area contributed by atoms with Gasteiger partial charge in [0.1, 0.15) is 6.67 Å². The van der Waals surface area contributed by atoms with Crippen LogP contribution in [0.2, 0.25) is 0 Å². The van der Waals surface area contributed by atoms with E-state index in [4.69, 9.17) is 5.26 Å². The van der Waals surface area contributed by atoms with Gasteiger partial charge in [0.25, 0.3) is 0 Å². The first-order chi connectivity index (χ1) is 4.88. The number of nitrogens with zero attached hydrogens (tertiary/aromatic N) is 1. The molecule has 1 nitrogen and oxygen atoms in total. The van der Waals surface area contributed by atoms with Gasteiger partial charge in [-0.3, -0.25) is 0 Å². The third-order valence-corrected chi connectivity index (χ3v) is 2.30. The van der Waals surface area contributed by atoms with E-state index in [1.54, 1.807) is 0 Å². The van der Waals surface area contributed by atoms with Gasteiger partial charge in [0.05, 0.1) is 12.0 Å². The first kappa shape index (κ1) is 7.53. The highest BCUT2D eigenvalue weighted by Gasteiger charge is 2.24. The molecule has 56 valence electrons. The first-order valence-corrected chi connectivity index (χ1v) is 3.84. The molecule has 0 aliphatic heterocycles. The highest BCUT2D eigenvalue weighted by molar-refractivity contribution is 4.89. The summed E-state index contributed by atoms with van der Waals surface area (Å²) in [6.07, 6.45) is 4.48. The van der Waals surface area contributed by atoms with Crippen molar-refractivity contribution in [1.82, 2.24) is 0 Å². The van der Waals surface area contributed by atoms with Crippen LogP contribution < -0.4 is 0 Å². The molecule has 0 aromatic rings. The maximum atomic E-state index is 12.1. The topological polar surface area (TPSA) is 23.8 Å². The summed E-state index contributed by atoms with van der Waals surface area (Å²) in [5, 5.41) is 8.50. The van der Waals surface area contributed by atoms with Crippen LogP contribution >= 0.6 is 0 Å². The molecule has 0 saturated heterocycles. The Labute approximate surface area is 60.8 Å². The fraction of sp³-hybridized carbons (Fsp3) is 0.875. The molecule has 0 aromatic carbocycles. The SMILES string of the molecule is N#CC(CF)C1CCCC1. The first-order valence-electron chi connectivity index (χ1n) is 3.84. The summed E-state index contributed by atoms with van der Waals surface area (Å²) in [4.78, 5) is 0. The van der Waals surface area contributed by atoms with Gasteiger partial charge < -0.3 is 0 Å². The molecule has 2 heteroatoms. The lowest BCUT2D eigenvalue weighted by molar-refractivity contribution is 0.320. The Morgan fingerprint density at radius 2 is 2.10 bits per heavy atom. The lowest BCUT2D eigenvalue weighted by Gasteiger charge is -2.10. The summed E-state index contributed by atoms with van der Waals surface area (Å²) >= 11 is 0. The van der Waals surface area contributed by atoms with E-state index in [-0.39, 0.29) is 5.92 Å². The summed E-state index contributed by atoms with van der Waals surface area (Å²) in [6, 6.07) is 2.02. The van der Waals surface area contributed by atoms with Crippen LogP contribution in [0.25, 0.3) is 0 Å². The zero-order valence-electron chi connectivity index (χ0n) is 6.02. The van der Waals surface area contributed by atoms with Crippen molar-refractivity contribution < 1.29 is 4.39 Å². The van der Waals surface area contributed by atoms with Gasteiger partial charge in [-0.1, -0.05) is 12.8 Å². The van der Waals surface area contributed by atoms with Crippen LogP contribution in [-0.4, -0.2) is 6.67 Å². The lowest BCUT2D eigenvalue weighted by atomic mass is 9.93. The van der Waals surface area contributed by atoms with Crippen molar-refractivity contribution in [1.29, 1.82) is 5.26 Å². The van der Waals surface area contributed by atoms with Gasteiger partial charge >= 0.3 is 0 Å². The average Bonchev–Trinajstić information content (AvgIpc) is 2.43. The molecule has 1 aliphatic rings. The van der Waals surface area contributed by atoms with Crippen molar-refractivity contribution in [3.8, 4) is 6.07 Å². The van der Waals surface area contributed by atoms with Crippen molar-refractivity contribution in [3.63, 3.8) is 0 Å². The standard InChI is InChI=1S/C8H12FN/c9-5-8(6-10)7-3-1-2-4-7/h7-8H,1-5H2. The van der Waals surface area contributed by atoms with Crippen molar-refractivity contribution >= 4 is 0 Å². The van der Waals surface area contributed by atoms with E-state index in [0.29, 0.717) is 5.92 Å². The van der Waals surface area contributed by atoms with E-state index >= 15 is 0 Å². The molecule has 0 aromatic heterocycles. The molecule has 1 saturated carbocycles. The van der Waals surface area contributed by atoms with Gasteiger partial charge in [0.2, 0.25) is 0 Å². The van der Waals surface area contributed by atoms with Crippen molar-refractivity contribution in [2.75, 3.05) is 6.67 Å². The quantitative estimate of drug-likeness (QED) is 0.578. The van der Waals surface area contributed by atoms with E-state index in [2.05, 4.69) is 0 Å². The monoisotopic (exact) mass is 141 g/mol. The maximum absolute atomic E-state index is 12.1. The smallest absolute Gasteiger partial charge is 0.105 e. The summed E-state index contributed by atoms with van der Waals surface area (Å²) in [5.74, 6) is 0.0394. The van der Waals surface area contributed by atoms with Gasteiger partial charge in [0, 0.05) is 0 Å². The van der Waals surface area contributed by atoms with Crippen LogP contribution in [-0.2, 0) is 0 Å². The highest BCUT2D eigenvalue weighted by Crippen LogP contribution is 2.31. The molecule has 1 unspecified atom stereocenters. The lowest BCUT2D eigenvalue weighted by Crippen LogP contribution is -2.10. The number of halogens is 1. The molecule has 0 heterocycles. The Morgan fingerprint density at radius 1 is 1.50 bits per heavy atom. The summed E-state index contributed by atoms with van der Waals surface area (Å²) in [6.45, 7) is -0.457. The van der Waals surface area contributed by atoms with Crippen LogP contribution in [0.15, 0.2) is 0 Å². The van der Waals surface area contributed by atoms with Gasteiger partial charge in [-0.15, -0.1) is 0 Å². The zero-order valence-corrected chi connectivity index (χ0v) is 6.02. The fourth-order valence-corrected chi connectivity index (χ4v) is 1.63. The van der Waals surface area contributed by atoms with E-state index in [1.165, 1.54) is 12.8 Å². The number of rotatable bonds is 2. The maximum Gasteiger partial charge on any atom is 0.105 e. The van der Waals surface area contributed by atoms with Gasteiger partial charge in [-0.05, 0) is 18.8 Å². The third-order valence-electron chi connectivity index (χ3n) is 2.30. The summed E-state index contributed by atoms with van der Waals surface area (Å²) < 4.78 is 12.1. The largest absolute Gasteiger partial charge is 0.250 e. The molecular weight excluding hydrogens is 129 g/mol. The Hall–Kier alpha value is -0.580. The highest BCUT2D eigenvalue weighted by atomic mass is 19.1. The molecule has 1 fully saturated rings. The van der Waals surface area contributed by atoms with Crippen molar-refractivity contribution in [2.45, 2.75) is 25.7 Å². The Morgan fingerprint density at radius 3 is 2.50 bits per heavy atom. The van der Waals surface area contributed by atoms with Crippen LogP contribution in [0, 0.1) is 23.2 Å². The zero-order chi connectivity index (χ0) is 7.40. The minimum Gasteiger partial charge on any atom is -0.250 e. The fourth-order valence-electron chi connectivity index (χ4n) is 1.63. The van der Waals surface area contributed by atoms with E-state index in [1.807, 2.05) is 6.07 Å². The molecule has 10 heavy (non-hydrogen) atoms. The Bertz CT molecular complexity index is 133.